The van der Waals surface area contributed by atoms with E-state index in [0.717, 1.165) is 11.3 Å². The Morgan fingerprint density at radius 1 is 0.943 bits per heavy atom. The normalized spacial score (nSPS) is 16.7. The van der Waals surface area contributed by atoms with E-state index in [0.29, 0.717) is 47.4 Å². The third-order valence-electron chi connectivity index (χ3n) is 6.50. The fraction of sp³-hybridized carbons (Fsp3) is 0.250. The van der Waals surface area contributed by atoms with E-state index >= 15 is 0 Å². The van der Waals surface area contributed by atoms with Gasteiger partial charge in [0.15, 0.2) is 17.3 Å². The molecule has 7 nitrogen and oxygen atoms in total. The number of benzene rings is 3. The topological polar surface area (TPSA) is 66.5 Å². The van der Waals surface area contributed by atoms with Crippen molar-refractivity contribution in [2.75, 3.05) is 28.1 Å². The van der Waals surface area contributed by atoms with E-state index in [1.54, 1.807) is 45.6 Å². The molecule has 0 saturated heterocycles. The van der Waals surface area contributed by atoms with Gasteiger partial charge < -0.3 is 23.7 Å². The molecule has 0 radical (unpaired) electrons. The van der Waals surface area contributed by atoms with E-state index < -0.39 is 0 Å². The van der Waals surface area contributed by atoms with Crippen molar-refractivity contribution in [1.29, 1.82) is 0 Å². The lowest BCUT2D eigenvalue weighted by molar-refractivity contribution is 0.0606. The van der Waals surface area contributed by atoms with E-state index in [-0.39, 0.29) is 17.6 Å². The van der Waals surface area contributed by atoms with Crippen molar-refractivity contribution in [2.24, 2.45) is 0 Å². The Balaban J connectivity index is 1.48. The Labute approximate surface area is 204 Å². The number of Topliss-reactive ketones (excluding diaryl/α,β-unsaturated/α-hetero) is 1. The second-order valence-electron chi connectivity index (χ2n) is 8.41. The third-order valence-corrected chi connectivity index (χ3v) is 6.50. The maximum absolute atomic E-state index is 13.3. The molecule has 0 aromatic heterocycles. The molecule has 1 atom stereocenters. The van der Waals surface area contributed by atoms with Gasteiger partial charge >= 0.3 is 0 Å². The molecule has 3 aromatic rings. The van der Waals surface area contributed by atoms with Gasteiger partial charge in [-0.1, -0.05) is 30.3 Å². The Kier molecular flexibility index (Phi) is 6.09. The van der Waals surface area contributed by atoms with Crippen LogP contribution in [0.5, 0.6) is 28.7 Å². The predicted octanol–water partition coefficient (Wildman–Crippen LogP) is 5.24. The van der Waals surface area contributed by atoms with Gasteiger partial charge in [-0.25, -0.2) is 0 Å². The average Bonchev–Trinajstić information content (AvgIpc) is 3.23. The molecule has 180 valence electrons. The van der Waals surface area contributed by atoms with Gasteiger partial charge in [-0.05, 0) is 36.8 Å². The van der Waals surface area contributed by atoms with Crippen molar-refractivity contribution in [2.45, 2.75) is 19.5 Å². The summed E-state index contributed by atoms with van der Waals surface area (Å²) in [6.45, 7) is 3.21. The van der Waals surface area contributed by atoms with Crippen molar-refractivity contribution in [1.82, 2.24) is 4.90 Å². The number of rotatable bonds is 6. The number of allylic oxidation sites excluding steroid dienone is 1. The largest absolute Gasteiger partial charge is 0.496 e. The number of hydrogen-bond donors (Lipinski definition) is 0. The third kappa shape index (κ3) is 4.08. The first-order valence-electron chi connectivity index (χ1n) is 11.4. The van der Waals surface area contributed by atoms with Gasteiger partial charge in [0, 0.05) is 24.2 Å². The van der Waals surface area contributed by atoms with E-state index in [1.165, 1.54) is 5.56 Å². The zero-order chi connectivity index (χ0) is 24.5. The number of nitrogens with zero attached hydrogens (tertiary/aromatic N) is 1. The Hall–Kier alpha value is -3.97. The fourth-order valence-corrected chi connectivity index (χ4v) is 4.47. The number of ketones is 1. The van der Waals surface area contributed by atoms with E-state index in [2.05, 4.69) is 24.0 Å². The van der Waals surface area contributed by atoms with E-state index in [1.807, 2.05) is 24.3 Å². The molecule has 0 spiro atoms. The van der Waals surface area contributed by atoms with Crippen LogP contribution >= 0.6 is 0 Å². The van der Waals surface area contributed by atoms with Gasteiger partial charge in [-0.3, -0.25) is 9.69 Å². The highest BCUT2D eigenvalue weighted by molar-refractivity contribution is 6.15. The molecule has 0 saturated carbocycles. The molecule has 2 aliphatic rings. The molecule has 0 bridgehead atoms. The van der Waals surface area contributed by atoms with Crippen molar-refractivity contribution in [3.05, 3.63) is 82.6 Å². The average molecular weight is 474 g/mol. The minimum Gasteiger partial charge on any atom is -0.496 e. The molecule has 5 rings (SSSR count). The van der Waals surface area contributed by atoms with Crippen LogP contribution in [0.25, 0.3) is 6.08 Å². The minimum atomic E-state index is -0.187. The highest BCUT2D eigenvalue weighted by Gasteiger charge is 2.35. The van der Waals surface area contributed by atoms with Gasteiger partial charge in [-0.2, -0.15) is 0 Å². The second kappa shape index (κ2) is 9.35. The van der Waals surface area contributed by atoms with Crippen LogP contribution in [0.3, 0.4) is 0 Å². The monoisotopic (exact) mass is 473 g/mol. The summed E-state index contributed by atoms with van der Waals surface area (Å²) in [5.74, 6) is 2.91. The number of carbonyl (C=O) groups is 1. The van der Waals surface area contributed by atoms with Crippen molar-refractivity contribution in [3.8, 4) is 28.7 Å². The van der Waals surface area contributed by atoms with Crippen LogP contribution in [0.4, 0.5) is 0 Å². The first kappa shape index (κ1) is 22.8. The molecule has 0 amide bonds. The van der Waals surface area contributed by atoms with Crippen LogP contribution in [0.2, 0.25) is 0 Å². The Morgan fingerprint density at radius 2 is 1.66 bits per heavy atom. The maximum Gasteiger partial charge on any atom is 0.231 e. The summed E-state index contributed by atoms with van der Waals surface area (Å²) < 4.78 is 28.5. The van der Waals surface area contributed by atoms with Gasteiger partial charge in [0.05, 0.1) is 32.5 Å². The molecule has 2 heterocycles. The van der Waals surface area contributed by atoms with Crippen LogP contribution in [0.15, 0.2) is 60.4 Å². The number of methoxy groups -OCH3 is 3. The molecule has 1 unspecified atom stereocenters. The Bertz CT molecular complexity index is 1300. The summed E-state index contributed by atoms with van der Waals surface area (Å²) in [4.78, 5) is 15.5. The van der Waals surface area contributed by atoms with Crippen molar-refractivity contribution < 1.29 is 28.5 Å². The fourth-order valence-electron chi connectivity index (χ4n) is 4.47. The van der Waals surface area contributed by atoms with Crippen molar-refractivity contribution >= 4 is 11.9 Å². The summed E-state index contributed by atoms with van der Waals surface area (Å²) >= 11 is 0. The smallest absolute Gasteiger partial charge is 0.231 e. The highest BCUT2D eigenvalue weighted by Crippen LogP contribution is 2.44. The molecule has 35 heavy (non-hydrogen) atoms. The SMILES string of the molecule is COc1cc(OC)c(OC)cc1/C=C1\Oc2c(ccc3c2CN(C(C)c2ccccc2)CO3)C1=O. The molecule has 0 N–H and O–H groups in total. The van der Waals surface area contributed by atoms with Crippen molar-refractivity contribution in [3.63, 3.8) is 0 Å². The van der Waals surface area contributed by atoms with Crippen LogP contribution < -0.4 is 23.7 Å². The van der Waals surface area contributed by atoms with Gasteiger partial charge in [0.2, 0.25) is 5.78 Å². The molecule has 7 heteroatoms. The van der Waals surface area contributed by atoms with Crippen LogP contribution in [0.1, 0.15) is 40.0 Å². The highest BCUT2D eigenvalue weighted by atomic mass is 16.5. The van der Waals surface area contributed by atoms with Crippen LogP contribution in [-0.4, -0.2) is 38.7 Å². The summed E-state index contributed by atoms with van der Waals surface area (Å²) in [5, 5.41) is 0. The maximum atomic E-state index is 13.3. The van der Waals surface area contributed by atoms with Gasteiger partial charge in [0.25, 0.3) is 0 Å². The lowest BCUT2D eigenvalue weighted by Gasteiger charge is -2.34. The van der Waals surface area contributed by atoms with E-state index in [9.17, 15) is 4.79 Å². The zero-order valence-corrected chi connectivity index (χ0v) is 20.2. The number of fused-ring (bicyclic) bond motifs is 3. The van der Waals surface area contributed by atoms with Crippen LogP contribution in [-0.2, 0) is 6.54 Å². The number of hydrogen-bond acceptors (Lipinski definition) is 7. The predicted molar refractivity (Wildman–Crippen MR) is 131 cm³/mol. The summed E-state index contributed by atoms with van der Waals surface area (Å²) in [6.07, 6.45) is 1.67. The molecular weight excluding hydrogens is 446 g/mol. The molecule has 0 fully saturated rings. The summed E-state index contributed by atoms with van der Waals surface area (Å²) in [6, 6.07) is 17.5. The standard InChI is InChI=1S/C28H27NO6/c1-17(18-8-6-5-7-9-18)29-15-21-22(34-16-29)11-10-20-27(30)26(35-28(20)21)13-19-12-24(32-3)25(33-4)14-23(19)31-2/h5-14,17H,15-16H2,1-4H3/b26-13-. The molecule has 0 aliphatic carbocycles. The number of carbonyl (C=O) groups excluding carboxylic acids is 1. The summed E-state index contributed by atoms with van der Waals surface area (Å²) in [5.41, 5.74) is 3.23. The summed E-state index contributed by atoms with van der Waals surface area (Å²) in [7, 11) is 4.68. The lowest BCUT2D eigenvalue weighted by atomic mass is 10.0. The van der Waals surface area contributed by atoms with Gasteiger partial charge in [-0.15, -0.1) is 0 Å². The molecular formula is C28H27NO6. The van der Waals surface area contributed by atoms with Gasteiger partial charge in [0.1, 0.15) is 24.0 Å². The Morgan fingerprint density at radius 3 is 2.37 bits per heavy atom. The second-order valence-corrected chi connectivity index (χ2v) is 8.41. The van der Waals surface area contributed by atoms with Crippen LogP contribution in [0, 0.1) is 0 Å². The molecule has 2 aliphatic heterocycles. The number of ether oxygens (including phenoxy) is 5. The molecule has 3 aromatic carbocycles. The first-order valence-corrected chi connectivity index (χ1v) is 11.4. The van der Waals surface area contributed by atoms with E-state index in [4.69, 9.17) is 23.7 Å². The lowest BCUT2D eigenvalue weighted by Crippen LogP contribution is -2.34. The quantitative estimate of drug-likeness (QED) is 0.454. The minimum absolute atomic E-state index is 0.142. The zero-order valence-electron chi connectivity index (χ0n) is 20.2. The first-order chi connectivity index (χ1) is 17.0.